The Morgan fingerprint density at radius 1 is 1.37 bits per heavy atom. The summed E-state index contributed by atoms with van der Waals surface area (Å²) in [6.45, 7) is 1.08. The molecule has 0 heterocycles. The van der Waals surface area contributed by atoms with Crippen LogP contribution in [-0.4, -0.2) is 31.6 Å². The summed E-state index contributed by atoms with van der Waals surface area (Å²) in [5.74, 6) is 0. The lowest BCUT2D eigenvalue weighted by atomic mass is 9.91. The van der Waals surface area contributed by atoms with Crippen molar-refractivity contribution in [3.05, 3.63) is 33.8 Å². The lowest BCUT2D eigenvalue weighted by molar-refractivity contribution is 0.153. The van der Waals surface area contributed by atoms with E-state index in [4.69, 9.17) is 23.2 Å². The van der Waals surface area contributed by atoms with Gasteiger partial charge < -0.3 is 10.2 Å². The van der Waals surface area contributed by atoms with Gasteiger partial charge in [0, 0.05) is 12.1 Å². The molecular formula is C15H22Cl2N2. The smallest absolute Gasteiger partial charge is 0.0640 e. The van der Waals surface area contributed by atoms with Crippen LogP contribution < -0.4 is 5.32 Å². The van der Waals surface area contributed by atoms with Crippen molar-refractivity contribution in [2.45, 2.75) is 37.8 Å². The molecule has 1 aromatic rings. The van der Waals surface area contributed by atoms with E-state index < -0.39 is 0 Å². The van der Waals surface area contributed by atoms with Crippen molar-refractivity contribution >= 4 is 23.2 Å². The maximum Gasteiger partial charge on any atom is 0.0640 e. The molecule has 1 saturated carbocycles. The molecule has 1 aromatic carbocycles. The summed E-state index contributed by atoms with van der Waals surface area (Å²) in [7, 11) is 4.20. The van der Waals surface area contributed by atoms with Crippen LogP contribution in [0, 0.1) is 0 Å². The second-order valence-electron chi connectivity index (χ2n) is 5.34. The number of halogens is 2. The molecule has 1 aliphatic carbocycles. The molecule has 19 heavy (non-hydrogen) atoms. The van der Waals surface area contributed by atoms with E-state index in [9.17, 15) is 0 Å². The number of nitrogens with one attached hydrogen (secondary N) is 1. The van der Waals surface area contributed by atoms with Crippen molar-refractivity contribution in [3.8, 4) is 0 Å². The Hall–Kier alpha value is -0.280. The Kier molecular flexibility index (Phi) is 5.52. The minimum absolute atomic E-state index is 0.258. The van der Waals surface area contributed by atoms with E-state index in [2.05, 4.69) is 23.3 Å². The van der Waals surface area contributed by atoms with Gasteiger partial charge in [0.2, 0.25) is 0 Å². The first-order chi connectivity index (χ1) is 9.13. The number of benzene rings is 1. The van der Waals surface area contributed by atoms with E-state index in [1.807, 2.05) is 19.2 Å². The number of rotatable bonds is 6. The molecule has 4 heteroatoms. The van der Waals surface area contributed by atoms with E-state index in [1.54, 1.807) is 0 Å². The van der Waals surface area contributed by atoms with E-state index in [0.29, 0.717) is 10.0 Å². The Bertz CT molecular complexity index is 419. The molecular weight excluding hydrogens is 279 g/mol. The lowest BCUT2D eigenvalue weighted by Crippen LogP contribution is -2.38. The summed E-state index contributed by atoms with van der Waals surface area (Å²) in [4.78, 5) is 2.46. The maximum absolute atomic E-state index is 6.30. The molecule has 0 radical (unpaired) electrons. The highest BCUT2D eigenvalue weighted by Crippen LogP contribution is 2.32. The topological polar surface area (TPSA) is 15.3 Å². The van der Waals surface area contributed by atoms with Crippen LogP contribution in [0.15, 0.2) is 18.2 Å². The fourth-order valence-corrected chi connectivity index (χ4v) is 3.03. The van der Waals surface area contributed by atoms with Gasteiger partial charge in [0.15, 0.2) is 0 Å². The molecule has 0 saturated heterocycles. The molecule has 0 aromatic heterocycles. The van der Waals surface area contributed by atoms with Crippen LogP contribution in [-0.2, 0) is 0 Å². The van der Waals surface area contributed by atoms with Crippen LogP contribution in [0.3, 0.4) is 0 Å². The third-order valence-electron chi connectivity index (χ3n) is 4.17. The Morgan fingerprint density at radius 3 is 2.68 bits per heavy atom. The highest BCUT2D eigenvalue weighted by atomic mass is 35.5. The van der Waals surface area contributed by atoms with Crippen molar-refractivity contribution in [1.82, 2.24) is 10.2 Å². The molecule has 0 aliphatic heterocycles. The predicted molar refractivity (Wildman–Crippen MR) is 83.1 cm³/mol. The van der Waals surface area contributed by atoms with Gasteiger partial charge in [-0.25, -0.2) is 0 Å². The molecule has 1 unspecified atom stereocenters. The van der Waals surface area contributed by atoms with Gasteiger partial charge in [-0.3, -0.25) is 0 Å². The summed E-state index contributed by atoms with van der Waals surface area (Å²) in [6.07, 6.45) is 5.12. The van der Waals surface area contributed by atoms with Gasteiger partial charge in [-0.05, 0) is 51.5 Å². The first-order valence-electron chi connectivity index (χ1n) is 6.95. The summed E-state index contributed by atoms with van der Waals surface area (Å²) >= 11 is 12.4. The first-order valence-corrected chi connectivity index (χ1v) is 7.70. The zero-order chi connectivity index (χ0) is 13.8. The molecule has 0 bridgehead atoms. The minimum Gasteiger partial charge on any atom is -0.313 e. The quantitative estimate of drug-likeness (QED) is 0.850. The van der Waals surface area contributed by atoms with Gasteiger partial charge in [0.25, 0.3) is 0 Å². The third-order valence-corrected chi connectivity index (χ3v) is 5.01. The molecule has 2 nitrogen and oxygen atoms in total. The summed E-state index contributed by atoms with van der Waals surface area (Å²) in [5.41, 5.74) is 1.10. The first kappa shape index (κ1) is 15.1. The summed E-state index contributed by atoms with van der Waals surface area (Å²) < 4.78 is 0. The van der Waals surface area contributed by atoms with Gasteiger partial charge in [0.1, 0.15) is 0 Å². The van der Waals surface area contributed by atoms with Crippen LogP contribution in [0.5, 0.6) is 0 Å². The molecule has 0 amide bonds. The van der Waals surface area contributed by atoms with Crippen LogP contribution in [0.1, 0.15) is 37.3 Å². The maximum atomic E-state index is 6.30. The van der Waals surface area contributed by atoms with Crippen molar-refractivity contribution in [1.29, 1.82) is 0 Å². The molecule has 106 valence electrons. The van der Waals surface area contributed by atoms with Crippen molar-refractivity contribution < 1.29 is 0 Å². The van der Waals surface area contributed by atoms with Crippen molar-refractivity contribution in [2.75, 3.05) is 20.6 Å². The number of nitrogens with zero attached hydrogens (tertiary/aromatic N) is 1. The van der Waals surface area contributed by atoms with Crippen LogP contribution >= 0.6 is 23.2 Å². The number of hydrogen-bond acceptors (Lipinski definition) is 2. The fraction of sp³-hybridized carbons (Fsp3) is 0.600. The Labute approximate surface area is 126 Å². The van der Waals surface area contributed by atoms with Crippen molar-refractivity contribution in [2.24, 2.45) is 0 Å². The predicted octanol–water partition coefficient (Wildman–Crippen LogP) is 4.13. The monoisotopic (exact) mass is 300 g/mol. The molecule has 1 atom stereocenters. The second kappa shape index (κ2) is 6.94. The molecule has 1 fully saturated rings. The molecule has 2 rings (SSSR count). The molecule has 1 aliphatic rings. The van der Waals surface area contributed by atoms with Crippen LogP contribution in [0.2, 0.25) is 10.0 Å². The Balaban J connectivity index is 1.97. The van der Waals surface area contributed by atoms with Crippen LogP contribution in [0.25, 0.3) is 0 Å². The summed E-state index contributed by atoms with van der Waals surface area (Å²) in [6, 6.07) is 6.89. The van der Waals surface area contributed by atoms with Gasteiger partial charge in [-0.1, -0.05) is 41.8 Å². The fourth-order valence-electron chi connectivity index (χ4n) is 2.59. The third kappa shape index (κ3) is 3.63. The average molecular weight is 301 g/mol. The highest BCUT2D eigenvalue weighted by Gasteiger charge is 2.23. The summed E-state index contributed by atoms with van der Waals surface area (Å²) in [5, 5.41) is 4.65. The zero-order valence-electron chi connectivity index (χ0n) is 11.6. The van der Waals surface area contributed by atoms with Gasteiger partial charge in [-0.15, -0.1) is 0 Å². The second-order valence-corrected chi connectivity index (χ2v) is 6.12. The normalized spacial score (nSPS) is 17.5. The van der Waals surface area contributed by atoms with Gasteiger partial charge >= 0.3 is 0 Å². The Morgan fingerprint density at radius 2 is 2.11 bits per heavy atom. The van der Waals surface area contributed by atoms with Crippen molar-refractivity contribution in [3.63, 3.8) is 0 Å². The molecule has 0 spiro atoms. The largest absolute Gasteiger partial charge is 0.313 e. The van der Waals surface area contributed by atoms with Gasteiger partial charge in [-0.2, -0.15) is 0 Å². The lowest BCUT2D eigenvalue weighted by Gasteiger charge is -2.35. The van der Waals surface area contributed by atoms with Crippen LogP contribution in [0.4, 0.5) is 0 Å². The van der Waals surface area contributed by atoms with E-state index in [-0.39, 0.29) is 6.04 Å². The highest BCUT2D eigenvalue weighted by molar-refractivity contribution is 6.42. The van der Waals surface area contributed by atoms with E-state index >= 15 is 0 Å². The zero-order valence-corrected chi connectivity index (χ0v) is 13.1. The van der Waals surface area contributed by atoms with Gasteiger partial charge in [0.05, 0.1) is 10.0 Å². The number of hydrogen-bond donors (Lipinski definition) is 1. The molecule has 1 N–H and O–H groups in total. The standard InChI is InChI=1S/C15H22Cl2N2/c1-18-14(9-10-19(2)11-5-3-6-11)12-7-4-8-13(16)15(12)17/h4,7-8,11,14,18H,3,5-6,9-10H2,1-2H3. The average Bonchev–Trinajstić information content (AvgIpc) is 2.32. The van der Waals surface area contributed by atoms with E-state index in [0.717, 1.165) is 24.6 Å². The van der Waals surface area contributed by atoms with E-state index in [1.165, 1.54) is 19.3 Å². The SMILES string of the molecule is CNC(CCN(C)C1CCC1)c1cccc(Cl)c1Cl. The minimum atomic E-state index is 0.258.